The molecule has 0 aromatic carbocycles. The van der Waals surface area contributed by atoms with Crippen LogP contribution in [0.3, 0.4) is 0 Å². The molecule has 0 aliphatic carbocycles. The Morgan fingerprint density at radius 3 is 2.50 bits per heavy atom. The van der Waals surface area contributed by atoms with E-state index in [0.717, 1.165) is 39.3 Å². The molecule has 0 amide bonds. The Balaban J connectivity index is 3.09. The van der Waals surface area contributed by atoms with Crippen molar-refractivity contribution in [3.8, 4) is 0 Å². The Morgan fingerprint density at radius 1 is 1.14 bits per heavy atom. The minimum absolute atomic E-state index is 0.969. The third-order valence-electron chi connectivity index (χ3n) is 2.00. The van der Waals surface area contributed by atoms with Crippen LogP contribution in [-0.2, 0) is 0 Å². The van der Waals surface area contributed by atoms with Crippen molar-refractivity contribution in [1.82, 2.24) is 20.9 Å². The number of hydrogen-bond donors (Lipinski definition) is 3. The average molecular weight is 200 g/mol. The van der Waals surface area contributed by atoms with Crippen LogP contribution >= 0.6 is 0 Å². The molecule has 0 aromatic heterocycles. The molecule has 0 heterocycles. The molecule has 0 rings (SSSR count). The van der Waals surface area contributed by atoms with Crippen molar-refractivity contribution < 1.29 is 0 Å². The highest BCUT2D eigenvalue weighted by molar-refractivity contribution is 4.64. The predicted molar refractivity (Wildman–Crippen MR) is 62.5 cm³/mol. The summed E-state index contributed by atoms with van der Waals surface area (Å²) in [5.74, 6) is 0. The monoisotopic (exact) mass is 200 g/mol. The van der Waals surface area contributed by atoms with Crippen molar-refractivity contribution in [2.24, 2.45) is 0 Å². The zero-order valence-electron chi connectivity index (χ0n) is 9.47. The highest BCUT2D eigenvalue weighted by Gasteiger charge is 1.95. The maximum absolute atomic E-state index is 3.60. The lowest BCUT2D eigenvalue weighted by atomic mass is 10.5. The molecule has 0 aliphatic rings. The molecule has 4 heteroatoms. The molecule has 0 saturated heterocycles. The second-order valence-electron chi connectivity index (χ2n) is 3.32. The lowest BCUT2D eigenvalue weighted by molar-refractivity contribution is 0.334. The van der Waals surface area contributed by atoms with Crippen molar-refractivity contribution in [2.75, 3.05) is 53.4 Å². The first-order chi connectivity index (χ1) is 6.81. The maximum Gasteiger partial charge on any atom is 0.0269 e. The Kier molecular flexibility index (Phi) is 10.1. The smallest absolute Gasteiger partial charge is 0.0269 e. The van der Waals surface area contributed by atoms with Crippen LogP contribution in [0.25, 0.3) is 0 Å². The topological polar surface area (TPSA) is 39.3 Å². The minimum atomic E-state index is 0.969. The molecular weight excluding hydrogens is 176 g/mol. The van der Waals surface area contributed by atoms with Gasteiger partial charge in [-0.15, -0.1) is 0 Å². The van der Waals surface area contributed by atoms with E-state index >= 15 is 0 Å². The van der Waals surface area contributed by atoms with Crippen molar-refractivity contribution in [3.05, 3.63) is 12.8 Å². The highest BCUT2D eigenvalue weighted by atomic mass is 15.1. The number of likely N-dealkylation sites (N-methyl/N-ethyl adjacent to an activating group) is 2. The van der Waals surface area contributed by atoms with E-state index < -0.39 is 0 Å². The molecule has 0 atom stereocenters. The van der Waals surface area contributed by atoms with Gasteiger partial charge in [-0.2, -0.15) is 0 Å². The minimum Gasteiger partial charge on any atom is -0.390 e. The standard InChI is InChI=1S/C10H24N4/c1-4-12-7-9-14(3)10-8-13-6-5-11-2/h4,11-13H,1,5-10H2,2-3H3. The summed E-state index contributed by atoms with van der Waals surface area (Å²) < 4.78 is 0. The molecular formula is C10H24N4. The fraction of sp³-hybridized carbons (Fsp3) is 0.800. The number of rotatable bonds is 10. The van der Waals surface area contributed by atoms with Gasteiger partial charge in [0, 0.05) is 39.3 Å². The summed E-state index contributed by atoms with van der Waals surface area (Å²) in [4.78, 5) is 2.29. The molecule has 0 aromatic rings. The van der Waals surface area contributed by atoms with Crippen LogP contribution in [0.5, 0.6) is 0 Å². The highest BCUT2D eigenvalue weighted by Crippen LogP contribution is 1.78. The molecule has 0 bridgehead atoms. The first-order valence-corrected chi connectivity index (χ1v) is 5.19. The Hall–Kier alpha value is -0.580. The van der Waals surface area contributed by atoms with Crippen molar-refractivity contribution in [2.45, 2.75) is 0 Å². The van der Waals surface area contributed by atoms with Crippen LogP contribution in [0.1, 0.15) is 0 Å². The van der Waals surface area contributed by atoms with E-state index in [0.29, 0.717) is 0 Å². The first kappa shape index (κ1) is 13.4. The van der Waals surface area contributed by atoms with Crippen LogP contribution < -0.4 is 16.0 Å². The van der Waals surface area contributed by atoms with Gasteiger partial charge in [0.25, 0.3) is 0 Å². The predicted octanol–water partition coefficient (Wildman–Crippen LogP) is -0.540. The van der Waals surface area contributed by atoms with Crippen LogP contribution in [0.2, 0.25) is 0 Å². The van der Waals surface area contributed by atoms with Gasteiger partial charge >= 0.3 is 0 Å². The van der Waals surface area contributed by atoms with Crippen LogP contribution in [-0.4, -0.2) is 58.3 Å². The normalized spacial score (nSPS) is 10.5. The molecule has 0 radical (unpaired) electrons. The van der Waals surface area contributed by atoms with Crippen molar-refractivity contribution in [1.29, 1.82) is 0 Å². The van der Waals surface area contributed by atoms with Crippen LogP contribution in [0.4, 0.5) is 0 Å². The van der Waals surface area contributed by atoms with E-state index in [1.54, 1.807) is 6.20 Å². The third kappa shape index (κ3) is 9.51. The summed E-state index contributed by atoms with van der Waals surface area (Å²) >= 11 is 0. The molecule has 0 spiro atoms. The molecule has 0 saturated carbocycles. The van der Waals surface area contributed by atoms with E-state index in [9.17, 15) is 0 Å². The van der Waals surface area contributed by atoms with Gasteiger partial charge in [0.05, 0.1) is 0 Å². The summed E-state index contributed by atoms with van der Waals surface area (Å²) in [5, 5.41) is 9.55. The zero-order valence-corrected chi connectivity index (χ0v) is 9.47. The maximum atomic E-state index is 3.60. The van der Waals surface area contributed by atoms with Crippen molar-refractivity contribution >= 4 is 0 Å². The van der Waals surface area contributed by atoms with E-state index in [1.165, 1.54) is 0 Å². The number of nitrogens with one attached hydrogen (secondary N) is 3. The van der Waals surface area contributed by atoms with E-state index in [2.05, 4.69) is 34.5 Å². The molecule has 14 heavy (non-hydrogen) atoms. The first-order valence-electron chi connectivity index (χ1n) is 5.19. The van der Waals surface area contributed by atoms with Gasteiger partial charge in [-0.3, -0.25) is 0 Å². The lowest BCUT2D eigenvalue weighted by Gasteiger charge is -2.16. The Morgan fingerprint density at radius 2 is 1.86 bits per heavy atom. The SMILES string of the molecule is C=CNCCN(C)CCNCCNC. The largest absolute Gasteiger partial charge is 0.390 e. The van der Waals surface area contributed by atoms with Gasteiger partial charge in [0.2, 0.25) is 0 Å². The summed E-state index contributed by atoms with van der Waals surface area (Å²) in [6.45, 7) is 9.83. The quantitative estimate of drug-likeness (QED) is 0.414. The molecule has 4 nitrogen and oxygen atoms in total. The van der Waals surface area contributed by atoms with E-state index in [4.69, 9.17) is 0 Å². The Labute approximate surface area is 87.7 Å². The van der Waals surface area contributed by atoms with Gasteiger partial charge in [-0.1, -0.05) is 6.58 Å². The van der Waals surface area contributed by atoms with E-state index in [1.807, 2.05) is 7.05 Å². The second-order valence-corrected chi connectivity index (χ2v) is 3.32. The second kappa shape index (κ2) is 10.5. The summed E-state index contributed by atoms with van der Waals surface area (Å²) in [6.07, 6.45) is 1.74. The van der Waals surface area contributed by atoms with Gasteiger partial charge < -0.3 is 20.9 Å². The van der Waals surface area contributed by atoms with Gasteiger partial charge in [0.15, 0.2) is 0 Å². The molecule has 0 fully saturated rings. The Bertz CT molecular complexity index is 127. The molecule has 0 aliphatic heterocycles. The summed E-state index contributed by atoms with van der Waals surface area (Å²) in [7, 11) is 4.10. The average Bonchev–Trinajstić information content (AvgIpc) is 2.18. The summed E-state index contributed by atoms with van der Waals surface area (Å²) in [6, 6.07) is 0. The van der Waals surface area contributed by atoms with Gasteiger partial charge in [-0.25, -0.2) is 0 Å². The van der Waals surface area contributed by atoms with Gasteiger partial charge in [0.1, 0.15) is 0 Å². The van der Waals surface area contributed by atoms with Crippen LogP contribution in [0, 0.1) is 0 Å². The molecule has 3 N–H and O–H groups in total. The van der Waals surface area contributed by atoms with Crippen LogP contribution in [0.15, 0.2) is 12.8 Å². The van der Waals surface area contributed by atoms with Gasteiger partial charge in [-0.05, 0) is 20.3 Å². The lowest BCUT2D eigenvalue weighted by Crippen LogP contribution is -2.35. The molecule has 0 unspecified atom stereocenters. The van der Waals surface area contributed by atoms with Crippen molar-refractivity contribution in [3.63, 3.8) is 0 Å². The zero-order chi connectivity index (χ0) is 10.6. The number of nitrogens with zero attached hydrogens (tertiary/aromatic N) is 1. The fourth-order valence-corrected chi connectivity index (χ4v) is 1.08. The summed E-state index contributed by atoms with van der Waals surface area (Å²) in [5.41, 5.74) is 0. The fourth-order valence-electron chi connectivity index (χ4n) is 1.08. The number of hydrogen-bond acceptors (Lipinski definition) is 4. The molecule has 84 valence electrons. The third-order valence-corrected chi connectivity index (χ3v) is 2.00. The van der Waals surface area contributed by atoms with E-state index in [-0.39, 0.29) is 0 Å².